The van der Waals surface area contributed by atoms with Crippen LogP contribution in [0.2, 0.25) is 0 Å². The Bertz CT molecular complexity index is 980. The predicted molar refractivity (Wildman–Crippen MR) is 103 cm³/mol. The standard InChI is InChI=1S/C20H23N3O4S/c1-27-17-3-2-4-18(13-17)28(25,26)22-12-9-20(15-22)8-5-19(24)23(20)14-16-6-10-21-11-7-16/h2-4,6-7,10-11,13H,5,8-9,12,14-15H2,1H3/t20-/m0/s1. The molecule has 2 fully saturated rings. The quantitative estimate of drug-likeness (QED) is 0.766. The Morgan fingerprint density at radius 1 is 1.18 bits per heavy atom. The van der Waals surface area contributed by atoms with Gasteiger partial charge in [-0.3, -0.25) is 9.78 Å². The molecule has 4 rings (SSSR count). The molecular formula is C20H23N3O4S. The first-order valence-corrected chi connectivity index (χ1v) is 10.7. The number of benzene rings is 1. The van der Waals surface area contributed by atoms with E-state index in [9.17, 15) is 13.2 Å². The highest BCUT2D eigenvalue weighted by molar-refractivity contribution is 7.89. The number of amides is 1. The number of aromatic nitrogens is 1. The average molecular weight is 401 g/mol. The Morgan fingerprint density at radius 3 is 2.71 bits per heavy atom. The fourth-order valence-electron chi connectivity index (χ4n) is 4.16. The highest BCUT2D eigenvalue weighted by atomic mass is 32.2. The van der Waals surface area contributed by atoms with Gasteiger partial charge >= 0.3 is 0 Å². The zero-order valence-electron chi connectivity index (χ0n) is 15.7. The summed E-state index contributed by atoms with van der Waals surface area (Å²) in [6, 6.07) is 10.3. The lowest BCUT2D eigenvalue weighted by Gasteiger charge is -2.35. The van der Waals surface area contributed by atoms with Crippen LogP contribution in [0.1, 0.15) is 24.8 Å². The summed E-state index contributed by atoms with van der Waals surface area (Å²) in [5.41, 5.74) is 0.561. The smallest absolute Gasteiger partial charge is 0.243 e. The van der Waals surface area contributed by atoms with Gasteiger partial charge in [-0.15, -0.1) is 0 Å². The number of ether oxygens (including phenoxy) is 1. The normalized spacial score (nSPS) is 22.9. The van der Waals surface area contributed by atoms with Crippen molar-refractivity contribution in [3.8, 4) is 5.75 Å². The molecule has 1 atom stereocenters. The van der Waals surface area contributed by atoms with Crippen molar-refractivity contribution < 1.29 is 17.9 Å². The summed E-state index contributed by atoms with van der Waals surface area (Å²) in [5, 5.41) is 0. The van der Waals surface area contributed by atoms with Gasteiger partial charge in [-0.05, 0) is 42.7 Å². The van der Waals surface area contributed by atoms with Crippen molar-refractivity contribution in [2.45, 2.75) is 36.2 Å². The van der Waals surface area contributed by atoms with E-state index in [0.717, 1.165) is 5.56 Å². The Hall–Kier alpha value is -2.45. The molecule has 0 radical (unpaired) electrons. The molecule has 3 heterocycles. The molecule has 0 N–H and O–H groups in total. The Labute approximate surface area is 165 Å². The second-order valence-electron chi connectivity index (χ2n) is 7.33. The van der Waals surface area contributed by atoms with Crippen LogP contribution in [-0.2, 0) is 21.4 Å². The van der Waals surface area contributed by atoms with E-state index in [1.807, 2.05) is 17.0 Å². The van der Waals surface area contributed by atoms with Gasteiger partial charge in [0.15, 0.2) is 0 Å². The fourth-order valence-corrected chi connectivity index (χ4v) is 5.72. The van der Waals surface area contributed by atoms with E-state index in [1.54, 1.807) is 30.6 Å². The van der Waals surface area contributed by atoms with Crippen molar-refractivity contribution in [2.75, 3.05) is 20.2 Å². The maximum Gasteiger partial charge on any atom is 0.243 e. The maximum absolute atomic E-state index is 13.1. The van der Waals surface area contributed by atoms with Gasteiger partial charge < -0.3 is 9.64 Å². The summed E-state index contributed by atoms with van der Waals surface area (Å²) >= 11 is 0. The molecule has 1 aromatic heterocycles. The Morgan fingerprint density at radius 2 is 1.96 bits per heavy atom. The molecular weight excluding hydrogens is 378 g/mol. The first-order valence-electron chi connectivity index (χ1n) is 9.28. The van der Waals surface area contributed by atoms with Crippen LogP contribution in [0.15, 0.2) is 53.7 Å². The molecule has 0 aliphatic carbocycles. The molecule has 148 valence electrons. The summed E-state index contributed by atoms with van der Waals surface area (Å²) < 4.78 is 33.0. The molecule has 7 nitrogen and oxygen atoms in total. The lowest BCUT2D eigenvalue weighted by atomic mass is 9.95. The molecule has 28 heavy (non-hydrogen) atoms. The lowest BCUT2D eigenvalue weighted by Crippen LogP contribution is -2.47. The van der Waals surface area contributed by atoms with Crippen molar-refractivity contribution >= 4 is 15.9 Å². The zero-order chi connectivity index (χ0) is 19.8. The van der Waals surface area contributed by atoms with Crippen LogP contribution in [0.5, 0.6) is 5.75 Å². The third-order valence-corrected chi connectivity index (χ3v) is 7.59. The number of pyridine rings is 1. The summed E-state index contributed by atoms with van der Waals surface area (Å²) in [4.78, 5) is 18.7. The van der Waals surface area contributed by atoms with Crippen molar-refractivity contribution in [1.82, 2.24) is 14.2 Å². The molecule has 0 unspecified atom stereocenters. The van der Waals surface area contributed by atoms with Gasteiger partial charge in [0, 0.05) is 44.5 Å². The SMILES string of the molecule is COc1cccc(S(=O)(=O)N2CC[C@@]3(CCC(=O)N3Cc3ccncc3)C2)c1. The Balaban J connectivity index is 1.58. The van der Waals surface area contributed by atoms with Crippen molar-refractivity contribution in [3.63, 3.8) is 0 Å². The number of carbonyl (C=O) groups is 1. The number of likely N-dealkylation sites (tertiary alicyclic amines) is 1. The maximum atomic E-state index is 13.1. The summed E-state index contributed by atoms with van der Waals surface area (Å²) in [7, 11) is -2.13. The van der Waals surface area contributed by atoms with Gasteiger partial charge in [-0.25, -0.2) is 8.42 Å². The van der Waals surface area contributed by atoms with Crippen LogP contribution < -0.4 is 4.74 Å². The predicted octanol–water partition coefficient (Wildman–Crippen LogP) is 2.05. The molecule has 1 aromatic carbocycles. The van der Waals surface area contributed by atoms with Crippen LogP contribution in [0.4, 0.5) is 0 Å². The minimum Gasteiger partial charge on any atom is -0.497 e. The average Bonchev–Trinajstić information content (AvgIpc) is 3.29. The minimum atomic E-state index is -3.64. The van der Waals surface area contributed by atoms with E-state index in [2.05, 4.69) is 4.98 Å². The number of nitrogens with zero attached hydrogens (tertiary/aromatic N) is 3. The number of rotatable bonds is 5. The second kappa shape index (κ2) is 7.18. The molecule has 0 bridgehead atoms. The second-order valence-corrected chi connectivity index (χ2v) is 9.27. The van der Waals surface area contributed by atoms with Crippen LogP contribution in [0.25, 0.3) is 0 Å². The van der Waals surface area contributed by atoms with Crippen LogP contribution in [0.3, 0.4) is 0 Å². The van der Waals surface area contributed by atoms with E-state index in [0.29, 0.717) is 44.6 Å². The molecule has 2 aromatic rings. The molecule has 8 heteroatoms. The first kappa shape index (κ1) is 18.9. The van der Waals surface area contributed by atoms with E-state index < -0.39 is 15.6 Å². The number of hydrogen-bond donors (Lipinski definition) is 0. The van der Waals surface area contributed by atoms with Gasteiger partial charge in [0.05, 0.1) is 17.5 Å². The van der Waals surface area contributed by atoms with E-state index >= 15 is 0 Å². The minimum absolute atomic E-state index is 0.0810. The first-order chi connectivity index (χ1) is 13.4. The van der Waals surface area contributed by atoms with Crippen LogP contribution >= 0.6 is 0 Å². The number of sulfonamides is 1. The van der Waals surface area contributed by atoms with Crippen molar-refractivity contribution in [1.29, 1.82) is 0 Å². The number of carbonyl (C=O) groups excluding carboxylic acids is 1. The Kier molecular flexibility index (Phi) is 4.84. The fraction of sp³-hybridized carbons (Fsp3) is 0.400. The van der Waals surface area contributed by atoms with Gasteiger partial charge in [0.1, 0.15) is 5.75 Å². The van der Waals surface area contributed by atoms with Gasteiger partial charge in [-0.2, -0.15) is 4.31 Å². The molecule has 2 saturated heterocycles. The van der Waals surface area contributed by atoms with E-state index in [-0.39, 0.29) is 10.8 Å². The number of methoxy groups -OCH3 is 1. The van der Waals surface area contributed by atoms with Crippen LogP contribution in [-0.4, -0.2) is 54.3 Å². The summed E-state index contributed by atoms with van der Waals surface area (Å²) in [6.45, 7) is 1.21. The van der Waals surface area contributed by atoms with Gasteiger partial charge in [0.2, 0.25) is 15.9 Å². The zero-order valence-corrected chi connectivity index (χ0v) is 16.6. The summed E-state index contributed by atoms with van der Waals surface area (Å²) in [5.74, 6) is 0.586. The molecule has 2 aliphatic rings. The number of hydrogen-bond acceptors (Lipinski definition) is 5. The highest BCUT2D eigenvalue weighted by Crippen LogP contribution is 2.41. The third-order valence-electron chi connectivity index (χ3n) is 5.74. The van der Waals surface area contributed by atoms with Gasteiger partial charge in [-0.1, -0.05) is 6.07 Å². The molecule has 1 spiro atoms. The molecule has 2 aliphatic heterocycles. The monoisotopic (exact) mass is 401 g/mol. The largest absolute Gasteiger partial charge is 0.497 e. The van der Waals surface area contributed by atoms with E-state index in [1.165, 1.54) is 17.5 Å². The molecule has 0 saturated carbocycles. The van der Waals surface area contributed by atoms with Crippen LogP contribution in [0, 0.1) is 0 Å². The van der Waals surface area contributed by atoms with Crippen molar-refractivity contribution in [2.24, 2.45) is 0 Å². The third kappa shape index (κ3) is 3.27. The van der Waals surface area contributed by atoms with Crippen molar-refractivity contribution in [3.05, 3.63) is 54.4 Å². The van der Waals surface area contributed by atoms with E-state index in [4.69, 9.17) is 4.74 Å². The highest BCUT2D eigenvalue weighted by Gasteiger charge is 2.51. The lowest BCUT2D eigenvalue weighted by molar-refractivity contribution is -0.131. The summed E-state index contributed by atoms with van der Waals surface area (Å²) in [6.07, 6.45) is 5.19. The topological polar surface area (TPSA) is 79.8 Å². The van der Waals surface area contributed by atoms with Gasteiger partial charge in [0.25, 0.3) is 0 Å². The molecule has 1 amide bonds.